The minimum atomic E-state index is -4.19. The van der Waals surface area contributed by atoms with E-state index in [4.69, 9.17) is 4.55 Å². The fourth-order valence-corrected chi connectivity index (χ4v) is 1.09. The van der Waals surface area contributed by atoms with Gasteiger partial charge >= 0.3 is 29.6 Å². The summed E-state index contributed by atoms with van der Waals surface area (Å²) < 4.78 is 41.4. The first-order valence-electron chi connectivity index (χ1n) is 2.73. The molecule has 0 unspecified atom stereocenters. The first kappa shape index (κ1) is 12.1. The Morgan fingerprint density at radius 2 is 1.58 bits per heavy atom. The van der Waals surface area contributed by atoms with Crippen LogP contribution >= 0.6 is 0 Å². The van der Waals surface area contributed by atoms with Gasteiger partial charge in [0, 0.05) is 0 Å². The van der Waals surface area contributed by atoms with Gasteiger partial charge in [-0.3, -0.25) is 4.55 Å². The van der Waals surface area contributed by atoms with Crippen LogP contribution in [0.4, 0.5) is 4.39 Å². The third kappa shape index (κ3) is 3.20. The van der Waals surface area contributed by atoms with Gasteiger partial charge in [0.1, 0.15) is 5.82 Å². The van der Waals surface area contributed by atoms with Gasteiger partial charge in [0.25, 0.3) is 10.1 Å². The van der Waals surface area contributed by atoms with E-state index in [0.717, 1.165) is 24.3 Å². The molecule has 0 radical (unpaired) electrons. The monoisotopic (exact) mass is 200 g/mol. The molecule has 1 N–H and O–H groups in total. The fraction of sp³-hybridized carbons (Fsp3) is 0. The van der Waals surface area contributed by atoms with Crippen LogP contribution in [0.3, 0.4) is 0 Å². The molecule has 0 bridgehead atoms. The first-order valence-corrected chi connectivity index (χ1v) is 4.17. The molecule has 62 valence electrons. The van der Waals surface area contributed by atoms with Crippen LogP contribution in [0.25, 0.3) is 0 Å². The molecule has 0 fully saturated rings. The summed E-state index contributed by atoms with van der Waals surface area (Å²) in [5.74, 6) is -0.544. The maximum atomic E-state index is 12.2. The van der Waals surface area contributed by atoms with Crippen molar-refractivity contribution in [3.63, 3.8) is 0 Å². The van der Waals surface area contributed by atoms with E-state index in [9.17, 15) is 12.8 Å². The fourth-order valence-electron chi connectivity index (χ4n) is 0.607. The van der Waals surface area contributed by atoms with E-state index in [2.05, 4.69) is 0 Å². The van der Waals surface area contributed by atoms with Crippen LogP contribution in [0.15, 0.2) is 29.2 Å². The van der Waals surface area contributed by atoms with Gasteiger partial charge in [-0.1, -0.05) is 0 Å². The number of hydrogen-bond acceptors (Lipinski definition) is 2. The van der Waals surface area contributed by atoms with Crippen molar-refractivity contribution >= 4 is 39.7 Å². The maximum absolute atomic E-state index is 12.2. The number of halogens is 1. The summed E-state index contributed by atoms with van der Waals surface area (Å²) in [7, 11) is -4.19. The Morgan fingerprint density at radius 1 is 1.17 bits per heavy atom. The molecule has 6 heteroatoms. The van der Waals surface area contributed by atoms with Crippen molar-refractivity contribution in [3.8, 4) is 0 Å². The zero-order valence-corrected chi connectivity index (χ0v) is 6.18. The summed E-state index contributed by atoms with van der Waals surface area (Å²) in [5.41, 5.74) is 0. The molecular formula is C6H6FNaO3S. The van der Waals surface area contributed by atoms with Crippen molar-refractivity contribution in [3.05, 3.63) is 30.1 Å². The zero-order chi connectivity index (χ0) is 8.48. The van der Waals surface area contributed by atoms with E-state index < -0.39 is 15.9 Å². The quantitative estimate of drug-likeness (QED) is 0.528. The second kappa shape index (κ2) is 4.34. The van der Waals surface area contributed by atoms with E-state index in [-0.39, 0.29) is 34.5 Å². The van der Waals surface area contributed by atoms with Crippen molar-refractivity contribution in [2.45, 2.75) is 4.90 Å². The Morgan fingerprint density at radius 3 is 1.92 bits per heavy atom. The van der Waals surface area contributed by atoms with E-state index >= 15 is 0 Å². The van der Waals surface area contributed by atoms with Gasteiger partial charge in [-0.2, -0.15) is 8.42 Å². The van der Waals surface area contributed by atoms with Crippen LogP contribution in [0, 0.1) is 5.82 Å². The molecule has 0 heterocycles. The summed E-state index contributed by atoms with van der Waals surface area (Å²) in [4.78, 5) is -0.307. The Bertz CT molecular complexity index is 346. The second-order valence-electron chi connectivity index (χ2n) is 1.93. The SMILES string of the molecule is O=S(=O)(O)c1ccc(F)cc1.[NaH]. The molecule has 0 amide bonds. The van der Waals surface area contributed by atoms with Crippen LogP contribution in [0.5, 0.6) is 0 Å². The molecule has 0 aliphatic carbocycles. The third-order valence-corrected chi connectivity index (χ3v) is 1.98. The minimum absolute atomic E-state index is 0. The summed E-state index contributed by atoms with van der Waals surface area (Å²) in [6.45, 7) is 0. The first-order chi connectivity index (χ1) is 5.00. The molecule has 1 aromatic rings. The van der Waals surface area contributed by atoms with Crippen molar-refractivity contribution in [2.75, 3.05) is 0 Å². The van der Waals surface area contributed by atoms with Gasteiger partial charge in [-0.05, 0) is 24.3 Å². The van der Waals surface area contributed by atoms with Crippen molar-refractivity contribution in [1.29, 1.82) is 0 Å². The number of hydrogen-bond donors (Lipinski definition) is 1. The van der Waals surface area contributed by atoms with Crippen molar-refractivity contribution in [2.24, 2.45) is 0 Å². The molecule has 12 heavy (non-hydrogen) atoms. The molecule has 0 atom stereocenters. The molecule has 0 saturated heterocycles. The van der Waals surface area contributed by atoms with Crippen LogP contribution in [0.1, 0.15) is 0 Å². The van der Waals surface area contributed by atoms with Gasteiger partial charge in [0.2, 0.25) is 0 Å². The van der Waals surface area contributed by atoms with E-state index in [0.29, 0.717) is 0 Å². The van der Waals surface area contributed by atoms with Crippen molar-refractivity contribution in [1.82, 2.24) is 0 Å². The van der Waals surface area contributed by atoms with Crippen molar-refractivity contribution < 1.29 is 17.4 Å². The van der Waals surface area contributed by atoms with Gasteiger partial charge in [0.05, 0.1) is 4.90 Å². The summed E-state index contributed by atoms with van der Waals surface area (Å²) in [5, 5.41) is 0. The Hall–Kier alpha value is 0.0600. The summed E-state index contributed by atoms with van der Waals surface area (Å²) >= 11 is 0. The molecule has 0 aromatic heterocycles. The average Bonchev–Trinajstić information content (AvgIpc) is 1.86. The molecule has 1 rings (SSSR count). The van der Waals surface area contributed by atoms with Gasteiger partial charge < -0.3 is 0 Å². The van der Waals surface area contributed by atoms with E-state index in [1.807, 2.05) is 0 Å². The molecule has 0 aliphatic heterocycles. The molecule has 0 spiro atoms. The third-order valence-electron chi connectivity index (χ3n) is 1.11. The molecule has 0 aliphatic rings. The Labute approximate surface area is 91.6 Å². The van der Waals surface area contributed by atoms with Gasteiger partial charge in [0.15, 0.2) is 0 Å². The topological polar surface area (TPSA) is 54.4 Å². The van der Waals surface area contributed by atoms with Crippen LogP contribution in [-0.4, -0.2) is 42.5 Å². The number of benzene rings is 1. The average molecular weight is 200 g/mol. The predicted molar refractivity (Wildman–Crippen MR) is 43.4 cm³/mol. The normalized spacial score (nSPS) is 10.5. The van der Waals surface area contributed by atoms with Gasteiger partial charge in [-0.25, -0.2) is 4.39 Å². The standard InChI is InChI=1S/C6H5FO3S.Na.H/c7-5-1-3-6(4-2-5)11(8,9)10;;/h1-4H,(H,8,9,10);;. The molecule has 1 aromatic carbocycles. The molecular weight excluding hydrogens is 194 g/mol. The van der Waals surface area contributed by atoms with Gasteiger partial charge in [-0.15, -0.1) is 0 Å². The second-order valence-corrected chi connectivity index (χ2v) is 3.35. The Kier molecular flexibility index (Phi) is 4.36. The van der Waals surface area contributed by atoms with Crippen LogP contribution in [0.2, 0.25) is 0 Å². The van der Waals surface area contributed by atoms with Crippen LogP contribution in [-0.2, 0) is 10.1 Å². The van der Waals surface area contributed by atoms with Crippen LogP contribution < -0.4 is 0 Å². The number of rotatable bonds is 1. The predicted octanol–water partition coefficient (Wildman–Crippen LogP) is 0.424. The van der Waals surface area contributed by atoms with E-state index in [1.165, 1.54) is 0 Å². The molecule has 3 nitrogen and oxygen atoms in total. The zero-order valence-electron chi connectivity index (χ0n) is 5.36. The summed E-state index contributed by atoms with van der Waals surface area (Å²) in [6, 6.07) is 3.90. The molecule has 0 saturated carbocycles. The Balaban J connectivity index is 0.00000121. The summed E-state index contributed by atoms with van der Waals surface area (Å²) in [6.07, 6.45) is 0. The van der Waals surface area contributed by atoms with E-state index in [1.54, 1.807) is 0 Å².